The molecule has 0 bridgehead atoms. The van der Waals surface area contributed by atoms with Crippen molar-refractivity contribution in [3.05, 3.63) is 36.5 Å². The minimum absolute atomic E-state index is 0.351. The fourth-order valence-corrected chi connectivity index (χ4v) is 6.73. The molecule has 0 aromatic carbocycles. The molecule has 0 radical (unpaired) electrons. The molecule has 6 nitrogen and oxygen atoms in total. The lowest BCUT2D eigenvalue weighted by atomic mass is 10.00. The first-order valence-electron chi connectivity index (χ1n) is 22.4. The van der Waals surface area contributed by atoms with Gasteiger partial charge in [-0.2, -0.15) is 0 Å². The summed E-state index contributed by atoms with van der Waals surface area (Å²) in [6, 6.07) is -1.01. The lowest BCUT2D eigenvalue weighted by Crippen LogP contribution is -2.53. The van der Waals surface area contributed by atoms with Crippen molar-refractivity contribution in [3.8, 4) is 0 Å². The standard InChI is InChI=1S/C46H87NO5/c1-3-5-7-9-11-13-15-17-19-20-21-22-23-24-25-26-28-30-32-34-36-38-40-44(50)46(52)47-42(41-48)45(51)43(49)39-37-35-33-31-29-27-18-16-14-12-10-8-6-4-2/h21-22,24-25,31,33,42-45,48-51H,3-20,23,26-30,32,34-41H2,1-2H3,(H,47,52)/b22-21-,25-24-,33-31+. The number of hydrogen-bond acceptors (Lipinski definition) is 5. The Morgan fingerprint density at radius 1 is 0.481 bits per heavy atom. The lowest BCUT2D eigenvalue weighted by molar-refractivity contribution is -0.132. The fourth-order valence-electron chi connectivity index (χ4n) is 6.73. The molecule has 0 aromatic heterocycles. The van der Waals surface area contributed by atoms with Gasteiger partial charge < -0.3 is 25.7 Å². The zero-order valence-corrected chi connectivity index (χ0v) is 34.3. The van der Waals surface area contributed by atoms with E-state index < -0.39 is 36.9 Å². The summed E-state index contributed by atoms with van der Waals surface area (Å²) in [7, 11) is 0. The molecular weight excluding hydrogens is 647 g/mol. The van der Waals surface area contributed by atoms with Crippen molar-refractivity contribution in [2.45, 2.75) is 244 Å². The first kappa shape index (κ1) is 50.5. The summed E-state index contributed by atoms with van der Waals surface area (Å²) in [6.07, 6.45) is 47.5. The van der Waals surface area contributed by atoms with Crippen LogP contribution in [0.3, 0.4) is 0 Å². The predicted octanol–water partition coefficient (Wildman–Crippen LogP) is 11.7. The number of aliphatic hydroxyl groups is 4. The number of carbonyl (C=O) groups is 1. The normalized spacial score (nSPS) is 14.5. The van der Waals surface area contributed by atoms with E-state index in [9.17, 15) is 25.2 Å². The smallest absolute Gasteiger partial charge is 0.249 e. The molecule has 52 heavy (non-hydrogen) atoms. The Labute approximate surface area is 322 Å². The molecule has 0 aliphatic carbocycles. The van der Waals surface area contributed by atoms with Gasteiger partial charge >= 0.3 is 0 Å². The number of hydrogen-bond donors (Lipinski definition) is 5. The highest BCUT2D eigenvalue weighted by Gasteiger charge is 2.28. The molecule has 0 saturated heterocycles. The monoisotopic (exact) mass is 734 g/mol. The molecule has 0 aliphatic rings. The van der Waals surface area contributed by atoms with Crippen molar-refractivity contribution in [2.24, 2.45) is 0 Å². The summed E-state index contributed by atoms with van der Waals surface area (Å²) >= 11 is 0. The van der Waals surface area contributed by atoms with Crippen LogP contribution in [0.2, 0.25) is 0 Å². The maximum Gasteiger partial charge on any atom is 0.249 e. The summed E-state index contributed by atoms with van der Waals surface area (Å²) in [4.78, 5) is 12.5. The summed E-state index contributed by atoms with van der Waals surface area (Å²) in [5.41, 5.74) is 0. The molecule has 0 heterocycles. The summed E-state index contributed by atoms with van der Waals surface area (Å²) in [6.45, 7) is 4.03. The van der Waals surface area contributed by atoms with Gasteiger partial charge in [0.05, 0.1) is 18.8 Å². The highest BCUT2D eigenvalue weighted by molar-refractivity contribution is 5.80. The number of aliphatic hydroxyl groups excluding tert-OH is 4. The fraction of sp³-hybridized carbons (Fsp3) is 0.848. The van der Waals surface area contributed by atoms with Crippen LogP contribution < -0.4 is 5.32 Å². The highest BCUT2D eigenvalue weighted by Crippen LogP contribution is 2.15. The average molecular weight is 734 g/mol. The number of rotatable bonds is 40. The predicted molar refractivity (Wildman–Crippen MR) is 224 cm³/mol. The van der Waals surface area contributed by atoms with E-state index in [1.807, 2.05) is 0 Å². The van der Waals surface area contributed by atoms with Gasteiger partial charge in [-0.1, -0.05) is 185 Å². The Morgan fingerprint density at radius 3 is 1.27 bits per heavy atom. The molecule has 6 heteroatoms. The quantitative estimate of drug-likeness (QED) is 0.0318. The number of unbranched alkanes of at least 4 members (excludes halogenated alkanes) is 25. The third-order valence-electron chi connectivity index (χ3n) is 10.3. The second-order valence-electron chi connectivity index (χ2n) is 15.4. The SMILES string of the molecule is CCCCCCCCCCC/C=C\C/C=C\CCCCCCCCC(O)C(=O)NC(CO)C(O)C(O)CCC/C=C/CCCCCCCCCCC. The van der Waals surface area contributed by atoms with Crippen molar-refractivity contribution in [2.75, 3.05) is 6.61 Å². The molecule has 0 fully saturated rings. The first-order chi connectivity index (χ1) is 25.5. The van der Waals surface area contributed by atoms with E-state index in [-0.39, 0.29) is 0 Å². The van der Waals surface area contributed by atoms with Crippen LogP contribution in [0.15, 0.2) is 36.5 Å². The highest BCUT2D eigenvalue weighted by atomic mass is 16.3. The summed E-state index contributed by atoms with van der Waals surface area (Å²) in [5, 5.41) is 43.6. The molecule has 4 unspecified atom stereocenters. The molecule has 0 rings (SSSR count). The third-order valence-corrected chi connectivity index (χ3v) is 10.3. The average Bonchev–Trinajstić information content (AvgIpc) is 3.15. The Morgan fingerprint density at radius 2 is 0.846 bits per heavy atom. The van der Waals surface area contributed by atoms with Gasteiger partial charge in [-0.25, -0.2) is 0 Å². The zero-order valence-electron chi connectivity index (χ0n) is 34.3. The Hall–Kier alpha value is -1.47. The summed E-state index contributed by atoms with van der Waals surface area (Å²) < 4.78 is 0. The van der Waals surface area contributed by atoms with Gasteiger partial charge in [0, 0.05) is 0 Å². The molecule has 306 valence electrons. The van der Waals surface area contributed by atoms with E-state index in [1.165, 1.54) is 135 Å². The largest absolute Gasteiger partial charge is 0.394 e. The van der Waals surface area contributed by atoms with Crippen LogP contribution >= 0.6 is 0 Å². The van der Waals surface area contributed by atoms with Crippen molar-refractivity contribution in [1.29, 1.82) is 0 Å². The zero-order chi connectivity index (χ0) is 38.2. The Bertz CT molecular complexity index is 828. The molecule has 1 amide bonds. The van der Waals surface area contributed by atoms with Gasteiger partial charge in [0.1, 0.15) is 12.2 Å². The van der Waals surface area contributed by atoms with E-state index in [1.54, 1.807) is 0 Å². The van der Waals surface area contributed by atoms with Crippen molar-refractivity contribution < 1.29 is 25.2 Å². The first-order valence-corrected chi connectivity index (χ1v) is 22.4. The summed E-state index contributed by atoms with van der Waals surface area (Å²) in [5.74, 6) is -0.602. The second kappa shape index (κ2) is 40.7. The van der Waals surface area contributed by atoms with Crippen LogP contribution in [0.4, 0.5) is 0 Å². The van der Waals surface area contributed by atoms with E-state index in [4.69, 9.17) is 0 Å². The molecule has 4 atom stereocenters. The van der Waals surface area contributed by atoms with Crippen molar-refractivity contribution in [1.82, 2.24) is 5.32 Å². The number of carbonyl (C=O) groups excluding carboxylic acids is 1. The number of allylic oxidation sites excluding steroid dienone is 6. The Balaban J connectivity index is 3.79. The van der Waals surface area contributed by atoms with Gasteiger partial charge in [-0.3, -0.25) is 4.79 Å². The van der Waals surface area contributed by atoms with E-state index >= 15 is 0 Å². The third kappa shape index (κ3) is 34.3. The molecule has 0 aliphatic heterocycles. The van der Waals surface area contributed by atoms with Gasteiger partial charge in [0.25, 0.3) is 0 Å². The van der Waals surface area contributed by atoms with Crippen LogP contribution in [0.1, 0.15) is 219 Å². The number of nitrogens with one attached hydrogen (secondary N) is 1. The molecule has 0 saturated carbocycles. The molecular formula is C46H87NO5. The maximum absolute atomic E-state index is 12.5. The topological polar surface area (TPSA) is 110 Å². The second-order valence-corrected chi connectivity index (χ2v) is 15.4. The van der Waals surface area contributed by atoms with E-state index in [0.717, 1.165) is 57.8 Å². The van der Waals surface area contributed by atoms with Crippen LogP contribution in [0.25, 0.3) is 0 Å². The molecule has 5 N–H and O–H groups in total. The molecule has 0 aromatic rings. The van der Waals surface area contributed by atoms with Crippen LogP contribution in [-0.4, -0.2) is 57.3 Å². The van der Waals surface area contributed by atoms with E-state index in [2.05, 4.69) is 55.6 Å². The van der Waals surface area contributed by atoms with Crippen LogP contribution in [0, 0.1) is 0 Å². The van der Waals surface area contributed by atoms with Gasteiger partial charge in [-0.15, -0.1) is 0 Å². The van der Waals surface area contributed by atoms with Crippen molar-refractivity contribution >= 4 is 5.91 Å². The van der Waals surface area contributed by atoms with Crippen molar-refractivity contribution in [3.63, 3.8) is 0 Å². The lowest BCUT2D eigenvalue weighted by Gasteiger charge is -2.27. The minimum Gasteiger partial charge on any atom is -0.394 e. The molecule has 0 spiro atoms. The maximum atomic E-state index is 12.5. The number of amides is 1. The van der Waals surface area contributed by atoms with Crippen LogP contribution in [0.5, 0.6) is 0 Å². The van der Waals surface area contributed by atoms with Crippen LogP contribution in [-0.2, 0) is 4.79 Å². The minimum atomic E-state index is -1.28. The van der Waals surface area contributed by atoms with Gasteiger partial charge in [-0.05, 0) is 70.6 Å². The van der Waals surface area contributed by atoms with Gasteiger partial charge in [0.15, 0.2) is 0 Å². The Kier molecular flexibility index (Phi) is 39.6. The van der Waals surface area contributed by atoms with Gasteiger partial charge in [0.2, 0.25) is 5.91 Å². The van der Waals surface area contributed by atoms with E-state index in [0.29, 0.717) is 12.8 Å².